The largest absolute Gasteiger partial charge is 0.400 e. The second-order valence-corrected chi connectivity index (χ2v) is 2.57. The molecule has 0 aromatic carbocycles. The standard InChI is InChI=1S/C8H12O.C2H6O2.CH4O/c1-2-5-8-6-3-4-7-9-8;1-4-2-3;1-2/h2-3,6,8H,1,4-5,7H2;3H,2H2,1H3;2H,1H3. The fraction of sp³-hybridized carbons (Fsp3) is 0.636. The van der Waals surface area contributed by atoms with Gasteiger partial charge in [-0.05, 0) is 12.8 Å². The first kappa shape index (κ1) is 16.7. The van der Waals surface area contributed by atoms with Crippen molar-refractivity contribution in [2.24, 2.45) is 0 Å². The zero-order valence-electron chi connectivity index (χ0n) is 9.56. The fourth-order valence-electron chi connectivity index (χ4n) is 0.902. The van der Waals surface area contributed by atoms with E-state index in [0.717, 1.165) is 26.6 Å². The molecule has 0 radical (unpaired) electrons. The van der Waals surface area contributed by atoms with Gasteiger partial charge < -0.3 is 19.7 Å². The first-order valence-electron chi connectivity index (χ1n) is 4.78. The van der Waals surface area contributed by atoms with E-state index < -0.39 is 0 Å². The quantitative estimate of drug-likeness (QED) is 0.550. The molecule has 1 atom stereocenters. The van der Waals surface area contributed by atoms with Crippen LogP contribution < -0.4 is 0 Å². The molecule has 4 nitrogen and oxygen atoms in total. The summed E-state index contributed by atoms with van der Waals surface area (Å²) < 4.78 is 9.46. The SMILES string of the molecule is C=CCC1C=CCCO1.CO.COCO. The average Bonchev–Trinajstić information content (AvgIpc) is 2.34. The Kier molecular flexibility index (Phi) is 17.6. The lowest BCUT2D eigenvalue weighted by molar-refractivity contribution is 0.0325. The molecule has 1 unspecified atom stereocenters. The Balaban J connectivity index is 0. The van der Waals surface area contributed by atoms with Crippen LogP contribution in [-0.4, -0.2) is 43.9 Å². The Labute approximate surface area is 91.8 Å². The maximum absolute atomic E-state index is 7.65. The topological polar surface area (TPSA) is 58.9 Å². The third kappa shape index (κ3) is 13.3. The summed E-state index contributed by atoms with van der Waals surface area (Å²) in [7, 11) is 2.43. The molecule has 4 heteroatoms. The molecule has 0 aromatic rings. The summed E-state index contributed by atoms with van der Waals surface area (Å²) in [5.41, 5.74) is 0. The first-order chi connectivity index (χ1) is 7.35. The zero-order valence-corrected chi connectivity index (χ0v) is 9.56. The van der Waals surface area contributed by atoms with E-state index >= 15 is 0 Å². The number of ether oxygens (including phenoxy) is 2. The fourth-order valence-corrected chi connectivity index (χ4v) is 0.902. The molecule has 1 heterocycles. The van der Waals surface area contributed by atoms with E-state index in [9.17, 15) is 0 Å². The average molecular weight is 218 g/mol. The van der Waals surface area contributed by atoms with Crippen LogP contribution in [0.4, 0.5) is 0 Å². The van der Waals surface area contributed by atoms with Gasteiger partial charge in [-0.3, -0.25) is 0 Å². The molecule has 0 bridgehead atoms. The van der Waals surface area contributed by atoms with Gasteiger partial charge in [0.05, 0.1) is 12.7 Å². The van der Waals surface area contributed by atoms with Crippen molar-refractivity contribution in [2.75, 3.05) is 27.6 Å². The molecule has 1 aliphatic rings. The van der Waals surface area contributed by atoms with Gasteiger partial charge in [-0.15, -0.1) is 6.58 Å². The van der Waals surface area contributed by atoms with Gasteiger partial charge in [-0.25, -0.2) is 0 Å². The predicted octanol–water partition coefficient (Wildman–Crippen LogP) is 1.10. The van der Waals surface area contributed by atoms with Crippen LogP contribution in [0, 0.1) is 0 Å². The number of aliphatic hydroxyl groups is 2. The molecule has 2 N–H and O–H groups in total. The van der Waals surface area contributed by atoms with Gasteiger partial charge in [0.15, 0.2) is 0 Å². The lowest BCUT2D eigenvalue weighted by atomic mass is 10.2. The summed E-state index contributed by atoms with van der Waals surface area (Å²) in [5.74, 6) is 0. The van der Waals surface area contributed by atoms with Gasteiger partial charge >= 0.3 is 0 Å². The van der Waals surface area contributed by atoms with Crippen LogP contribution in [0.2, 0.25) is 0 Å². The molecule has 0 fully saturated rings. The summed E-state index contributed by atoms with van der Waals surface area (Å²) in [5, 5.41) is 14.7. The Morgan fingerprint density at radius 1 is 1.60 bits per heavy atom. The van der Waals surface area contributed by atoms with E-state index in [2.05, 4.69) is 23.5 Å². The van der Waals surface area contributed by atoms with Gasteiger partial charge in [0.1, 0.15) is 6.79 Å². The summed E-state index contributed by atoms with van der Waals surface area (Å²) in [6.45, 7) is 4.33. The smallest absolute Gasteiger partial charge is 0.143 e. The van der Waals surface area contributed by atoms with Gasteiger partial charge in [0.2, 0.25) is 0 Å². The molecule has 0 aromatic heterocycles. The van der Waals surface area contributed by atoms with Crippen LogP contribution in [0.1, 0.15) is 12.8 Å². The van der Waals surface area contributed by atoms with Crippen molar-refractivity contribution in [1.82, 2.24) is 0 Å². The highest BCUT2D eigenvalue weighted by Gasteiger charge is 2.04. The van der Waals surface area contributed by atoms with E-state index in [1.165, 1.54) is 7.11 Å². The van der Waals surface area contributed by atoms with Crippen LogP contribution in [0.3, 0.4) is 0 Å². The minimum atomic E-state index is -0.181. The summed E-state index contributed by atoms with van der Waals surface area (Å²) in [6, 6.07) is 0. The van der Waals surface area contributed by atoms with Crippen molar-refractivity contribution in [2.45, 2.75) is 18.9 Å². The molecule has 0 aliphatic carbocycles. The summed E-state index contributed by atoms with van der Waals surface area (Å²) in [6.07, 6.45) is 8.46. The molecule has 90 valence electrons. The highest BCUT2D eigenvalue weighted by Crippen LogP contribution is 2.07. The van der Waals surface area contributed by atoms with E-state index in [1.54, 1.807) is 0 Å². The molecule has 1 rings (SSSR count). The summed E-state index contributed by atoms with van der Waals surface area (Å²) in [4.78, 5) is 0. The lowest BCUT2D eigenvalue weighted by Crippen LogP contribution is -2.12. The Morgan fingerprint density at radius 3 is 2.53 bits per heavy atom. The number of methoxy groups -OCH3 is 1. The van der Waals surface area contributed by atoms with Crippen molar-refractivity contribution >= 4 is 0 Å². The zero-order chi connectivity index (χ0) is 11.9. The highest BCUT2D eigenvalue weighted by molar-refractivity contribution is 4.95. The molecular formula is C11H22O4. The maximum Gasteiger partial charge on any atom is 0.143 e. The van der Waals surface area contributed by atoms with E-state index in [-0.39, 0.29) is 6.79 Å². The number of aliphatic hydroxyl groups excluding tert-OH is 2. The van der Waals surface area contributed by atoms with Crippen molar-refractivity contribution < 1.29 is 19.7 Å². The third-order valence-corrected chi connectivity index (χ3v) is 1.50. The minimum absolute atomic E-state index is 0.181. The van der Waals surface area contributed by atoms with Crippen LogP contribution >= 0.6 is 0 Å². The molecule has 1 aliphatic heterocycles. The Bertz CT molecular complexity index is 144. The van der Waals surface area contributed by atoms with Crippen molar-refractivity contribution in [1.29, 1.82) is 0 Å². The number of hydrogen-bond acceptors (Lipinski definition) is 4. The van der Waals surface area contributed by atoms with Crippen LogP contribution in [-0.2, 0) is 9.47 Å². The third-order valence-electron chi connectivity index (χ3n) is 1.50. The highest BCUT2D eigenvalue weighted by atomic mass is 16.6. The lowest BCUT2D eigenvalue weighted by Gasteiger charge is -2.14. The van der Waals surface area contributed by atoms with Crippen molar-refractivity contribution in [3.05, 3.63) is 24.8 Å². The molecule has 15 heavy (non-hydrogen) atoms. The molecule has 0 spiro atoms. The molecule has 0 saturated carbocycles. The van der Waals surface area contributed by atoms with Crippen LogP contribution in [0.5, 0.6) is 0 Å². The monoisotopic (exact) mass is 218 g/mol. The minimum Gasteiger partial charge on any atom is -0.400 e. The van der Waals surface area contributed by atoms with E-state index in [1.807, 2.05) is 6.08 Å². The van der Waals surface area contributed by atoms with Gasteiger partial charge in [0, 0.05) is 14.2 Å². The molecular weight excluding hydrogens is 196 g/mol. The second-order valence-electron chi connectivity index (χ2n) is 2.57. The van der Waals surface area contributed by atoms with Crippen molar-refractivity contribution in [3.63, 3.8) is 0 Å². The first-order valence-corrected chi connectivity index (χ1v) is 4.78. The van der Waals surface area contributed by atoms with Gasteiger partial charge in [-0.1, -0.05) is 18.2 Å². The summed E-state index contributed by atoms with van der Waals surface area (Å²) >= 11 is 0. The Hall–Kier alpha value is -0.680. The molecule has 0 saturated heterocycles. The van der Waals surface area contributed by atoms with Crippen LogP contribution in [0.25, 0.3) is 0 Å². The normalized spacial score (nSPS) is 18.0. The van der Waals surface area contributed by atoms with E-state index in [4.69, 9.17) is 14.9 Å². The predicted molar refractivity (Wildman–Crippen MR) is 60.5 cm³/mol. The maximum atomic E-state index is 7.65. The Morgan fingerprint density at radius 2 is 2.20 bits per heavy atom. The molecule has 0 amide bonds. The number of rotatable bonds is 3. The van der Waals surface area contributed by atoms with Crippen molar-refractivity contribution in [3.8, 4) is 0 Å². The van der Waals surface area contributed by atoms with Gasteiger partial charge in [0.25, 0.3) is 0 Å². The van der Waals surface area contributed by atoms with Crippen LogP contribution in [0.15, 0.2) is 24.8 Å². The van der Waals surface area contributed by atoms with E-state index in [0.29, 0.717) is 6.10 Å². The van der Waals surface area contributed by atoms with Gasteiger partial charge in [-0.2, -0.15) is 0 Å². The number of hydrogen-bond donors (Lipinski definition) is 2. The second kappa shape index (κ2) is 15.8.